The van der Waals surface area contributed by atoms with Crippen molar-refractivity contribution in [3.63, 3.8) is 0 Å². The molecular weight excluding hydrogens is 766 g/mol. The summed E-state index contributed by atoms with van der Waals surface area (Å²) in [7, 11) is 1.42. The largest absolute Gasteiger partial charge is 0.493 e. The molecule has 3 rings (SSSR count). The van der Waals surface area contributed by atoms with Crippen molar-refractivity contribution in [2.45, 2.75) is 19.9 Å². The number of esters is 1. The van der Waals surface area contributed by atoms with Gasteiger partial charge in [0.25, 0.3) is 5.91 Å². The lowest BCUT2D eigenvalue weighted by atomic mass is 9.95. The molecule has 3 amide bonds. The van der Waals surface area contributed by atoms with Gasteiger partial charge in [-0.25, -0.2) is 19.8 Å². The van der Waals surface area contributed by atoms with Crippen molar-refractivity contribution in [2.75, 3.05) is 26.9 Å². The summed E-state index contributed by atoms with van der Waals surface area (Å²) in [6.45, 7) is 2.65. The monoisotopic (exact) mass is 792 g/mol. The molecule has 13 nitrogen and oxygen atoms in total. The third kappa shape index (κ3) is 8.69. The molecule has 0 fully saturated rings. The number of carbonyl (C=O) groups excluding carboxylic acids is 3. The second-order valence-electron chi connectivity index (χ2n) is 8.28. The fourth-order valence-electron chi connectivity index (χ4n) is 3.69. The van der Waals surface area contributed by atoms with E-state index in [1.165, 1.54) is 13.3 Å². The number of hydrogen-bond acceptors (Lipinski definition) is 9. The number of nitrogens with zero attached hydrogens (tertiary/aromatic N) is 1. The highest BCUT2D eigenvalue weighted by atomic mass is 127. The topological polar surface area (TPSA) is 174 Å². The first-order chi connectivity index (χ1) is 19.5. The third-order valence-corrected chi connectivity index (χ3v) is 7.01. The zero-order chi connectivity index (χ0) is 30.1. The molecule has 0 bridgehead atoms. The summed E-state index contributed by atoms with van der Waals surface area (Å²) in [5, 5.41) is 18.0. The summed E-state index contributed by atoms with van der Waals surface area (Å²) in [6.07, 6.45) is 1.43. The predicted octanol–water partition coefficient (Wildman–Crippen LogP) is 3.09. The number of benzene rings is 2. The van der Waals surface area contributed by atoms with Gasteiger partial charge in [-0.15, -0.1) is 0 Å². The molecule has 1 heterocycles. The van der Waals surface area contributed by atoms with Gasteiger partial charge in [0.2, 0.25) is 0 Å². The van der Waals surface area contributed by atoms with E-state index in [2.05, 4.69) is 21.2 Å². The van der Waals surface area contributed by atoms with E-state index in [0.29, 0.717) is 29.7 Å². The maximum absolute atomic E-state index is 12.6. The quantitative estimate of drug-likeness (QED) is 0.109. The molecule has 1 aliphatic heterocycles. The molecule has 15 heteroatoms. The minimum atomic E-state index is -1.08. The van der Waals surface area contributed by atoms with Gasteiger partial charge in [-0.1, -0.05) is 6.07 Å². The third-order valence-electron chi connectivity index (χ3n) is 5.41. The number of nitrogens with one attached hydrogen (secondary N) is 3. The molecule has 0 aliphatic carbocycles. The average Bonchev–Trinajstić information content (AvgIpc) is 2.90. The smallest absolute Gasteiger partial charge is 0.341 e. The van der Waals surface area contributed by atoms with Crippen molar-refractivity contribution < 1.29 is 43.2 Å². The molecule has 0 saturated heterocycles. The highest BCUT2D eigenvalue weighted by Gasteiger charge is 2.32. The molecule has 0 saturated carbocycles. The number of carboxylic acids is 1. The molecule has 41 heavy (non-hydrogen) atoms. The second-order valence-corrected chi connectivity index (χ2v) is 10.6. The van der Waals surface area contributed by atoms with Crippen LogP contribution in [-0.2, 0) is 19.1 Å². The number of amides is 3. The first-order valence-corrected chi connectivity index (χ1v) is 14.1. The van der Waals surface area contributed by atoms with Crippen LogP contribution >= 0.6 is 45.2 Å². The Bertz CT molecular complexity index is 1390. The number of rotatable bonds is 12. The van der Waals surface area contributed by atoms with Crippen molar-refractivity contribution >= 4 is 75.3 Å². The molecule has 0 spiro atoms. The van der Waals surface area contributed by atoms with Crippen LogP contribution in [0.25, 0.3) is 0 Å². The Labute approximate surface area is 262 Å². The van der Waals surface area contributed by atoms with Crippen LogP contribution in [-0.4, -0.2) is 62.1 Å². The lowest BCUT2D eigenvalue weighted by Gasteiger charge is -2.28. The predicted molar refractivity (Wildman–Crippen MR) is 163 cm³/mol. The minimum absolute atomic E-state index is 0.174. The number of methoxy groups -OCH3 is 1. The molecule has 218 valence electrons. The van der Waals surface area contributed by atoms with E-state index >= 15 is 0 Å². The Morgan fingerprint density at radius 2 is 1.80 bits per heavy atom. The lowest BCUT2D eigenvalue weighted by Crippen LogP contribution is -2.45. The Morgan fingerprint density at radius 3 is 2.44 bits per heavy atom. The fraction of sp³-hybridized carbons (Fsp3) is 0.269. The van der Waals surface area contributed by atoms with Crippen LogP contribution < -0.4 is 30.3 Å². The summed E-state index contributed by atoms with van der Waals surface area (Å²) >= 11 is 4.05. The molecule has 4 N–H and O–H groups in total. The van der Waals surface area contributed by atoms with E-state index < -0.39 is 36.5 Å². The average molecular weight is 792 g/mol. The highest BCUT2D eigenvalue weighted by Crippen LogP contribution is 2.34. The molecule has 2 aromatic carbocycles. The molecule has 0 radical (unpaired) electrons. The number of aliphatic carboxylic acids is 1. The number of ether oxygens (including phenoxy) is 4. The van der Waals surface area contributed by atoms with Gasteiger partial charge in [0.15, 0.2) is 24.7 Å². The maximum atomic E-state index is 12.6. The first kappa shape index (κ1) is 31.9. The van der Waals surface area contributed by atoms with Gasteiger partial charge in [0, 0.05) is 5.70 Å². The highest BCUT2D eigenvalue weighted by molar-refractivity contribution is 14.1. The van der Waals surface area contributed by atoms with Crippen molar-refractivity contribution in [3.8, 4) is 17.2 Å². The van der Waals surface area contributed by atoms with Crippen molar-refractivity contribution in [1.29, 1.82) is 0 Å². The van der Waals surface area contributed by atoms with Gasteiger partial charge in [0.1, 0.15) is 5.75 Å². The van der Waals surface area contributed by atoms with Gasteiger partial charge in [0.05, 0.1) is 38.7 Å². The number of hydrogen-bond donors (Lipinski definition) is 4. The van der Waals surface area contributed by atoms with Gasteiger partial charge in [-0.3, -0.25) is 4.79 Å². The first-order valence-electron chi connectivity index (χ1n) is 12.0. The zero-order valence-electron chi connectivity index (χ0n) is 22.1. The Balaban J connectivity index is 1.65. The van der Waals surface area contributed by atoms with Gasteiger partial charge in [-0.2, -0.15) is 5.10 Å². The number of hydrazone groups is 1. The number of carbonyl (C=O) groups is 4. The number of halogens is 2. The standard InChI is InChI=1S/C26H26I2N4O9/c1-4-39-25(36)22-13(2)30-26(37)31-23(22)15-5-6-18(19(9-15)38-3)40-11-20(33)32-29-10-14-7-16(27)24(17(28)8-14)41-12-21(34)35/h5-10,23H,4,11-12H2,1-3H3,(H,32,33)(H,34,35)(H2,30,31,37)/b29-10-/t23-/m0/s1. The van der Waals surface area contributed by atoms with Gasteiger partial charge < -0.3 is 34.7 Å². The lowest BCUT2D eigenvalue weighted by molar-refractivity contribution is -0.140. The Hall–Kier alpha value is -3.61. The number of allylic oxidation sites excluding steroid dienone is 1. The summed E-state index contributed by atoms with van der Waals surface area (Å²) < 4.78 is 22.8. The second kappa shape index (κ2) is 14.9. The minimum Gasteiger partial charge on any atom is -0.493 e. The van der Waals surface area contributed by atoms with Crippen LogP contribution in [0.1, 0.15) is 31.0 Å². The normalized spacial score (nSPS) is 14.7. The SMILES string of the molecule is CCOC(=O)C1=C(C)NC(=O)N[C@H]1c1ccc(OCC(=O)N/N=C\c2cc(I)c(OCC(=O)O)c(I)c2)c(OC)c1. The van der Waals surface area contributed by atoms with Crippen LogP contribution in [0.5, 0.6) is 17.2 Å². The van der Waals surface area contributed by atoms with Crippen LogP contribution in [0.4, 0.5) is 4.79 Å². The van der Waals surface area contributed by atoms with E-state index in [1.807, 2.05) is 45.2 Å². The Kier molecular flexibility index (Phi) is 11.6. The summed E-state index contributed by atoms with van der Waals surface area (Å²) in [6, 6.07) is 7.01. The van der Waals surface area contributed by atoms with Crippen LogP contribution in [0.2, 0.25) is 0 Å². The van der Waals surface area contributed by atoms with E-state index in [0.717, 1.165) is 0 Å². The molecule has 1 aliphatic rings. The van der Waals surface area contributed by atoms with E-state index in [1.54, 1.807) is 44.2 Å². The molecule has 0 aromatic heterocycles. The summed E-state index contributed by atoms with van der Waals surface area (Å²) in [4.78, 5) is 47.8. The van der Waals surface area contributed by atoms with E-state index in [-0.39, 0.29) is 30.3 Å². The zero-order valence-corrected chi connectivity index (χ0v) is 26.4. The van der Waals surface area contributed by atoms with Crippen molar-refractivity contribution in [3.05, 3.63) is 59.9 Å². The van der Waals surface area contributed by atoms with E-state index in [9.17, 15) is 19.2 Å². The van der Waals surface area contributed by atoms with Gasteiger partial charge >= 0.3 is 18.0 Å². The van der Waals surface area contributed by atoms with Gasteiger partial charge in [-0.05, 0) is 94.4 Å². The van der Waals surface area contributed by atoms with E-state index in [4.69, 9.17) is 24.1 Å². The molecule has 0 unspecified atom stereocenters. The van der Waals surface area contributed by atoms with Crippen molar-refractivity contribution in [2.24, 2.45) is 5.10 Å². The number of carboxylic acid groups (broad SMARTS) is 1. The summed E-state index contributed by atoms with van der Waals surface area (Å²) in [5.41, 5.74) is 4.21. The molecular formula is C26H26I2N4O9. The Morgan fingerprint density at radius 1 is 1.10 bits per heavy atom. The molecule has 1 atom stereocenters. The van der Waals surface area contributed by atoms with Crippen LogP contribution in [0.3, 0.4) is 0 Å². The molecule has 2 aromatic rings. The van der Waals surface area contributed by atoms with Crippen LogP contribution in [0, 0.1) is 7.14 Å². The maximum Gasteiger partial charge on any atom is 0.341 e. The van der Waals surface area contributed by atoms with Crippen molar-refractivity contribution in [1.82, 2.24) is 16.1 Å². The number of urea groups is 1. The fourth-order valence-corrected chi connectivity index (χ4v) is 5.81. The summed E-state index contributed by atoms with van der Waals surface area (Å²) in [5.74, 6) is -1.19. The van der Waals surface area contributed by atoms with Crippen LogP contribution in [0.15, 0.2) is 46.7 Å².